The van der Waals surface area contributed by atoms with Gasteiger partial charge in [-0.3, -0.25) is 9.78 Å². The second-order valence-corrected chi connectivity index (χ2v) is 4.39. The molecule has 0 aliphatic heterocycles. The first-order valence-corrected chi connectivity index (χ1v) is 6.40. The standard InChI is InChI=1S/C16H12N4O/c21-16(14-9-18-11-19-10-14)20-15-3-1-12(2-4-15)13-5-7-17-8-6-13/h1-11H,(H,20,21). The van der Waals surface area contributed by atoms with Crippen LogP contribution in [0.25, 0.3) is 11.1 Å². The average molecular weight is 276 g/mol. The molecule has 1 aromatic carbocycles. The van der Waals surface area contributed by atoms with Crippen molar-refractivity contribution in [3.63, 3.8) is 0 Å². The van der Waals surface area contributed by atoms with Gasteiger partial charge in [-0.05, 0) is 35.4 Å². The number of hydrogen-bond acceptors (Lipinski definition) is 4. The molecule has 0 unspecified atom stereocenters. The van der Waals surface area contributed by atoms with E-state index in [9.17, 15) is 4.79 Å². The van der Waals surface area contributed by atoms with Crippen molar-refractivity contribution in [3.05, 3.63) is 73.1 Å². The molecule has 0 saturated heterocycles. The quantitative estimate of drug-likeness (QED) is 0.798. The minimum Gasteiger partial charge on any atom is -0.322 e. The summed E-state index contributed by atoms with van der Waals surface area (Å²) in [5, 5.41) is 2.81. The Hall–Kier alpha value is -3.08. The van der Waals surface area contributed by atoms with E-state index < -0.39 is 0 Å². The fraction of sp³-hybridized carbons (Fsp3) is 0. The zero-order valence-corrected chi connectivity index (χ0v) is 11.1. The van der Waals surface area contributed by atoms with Crippen LogP contribution < -0.4 is 5.32 Å². The zero-order valence-electron chi connectivity index (χ0n) is 11.1. The van der Waals surface area contributed by atoms with Crippen molar-refractivity contribution >= 4 is 11.6 Å². The molecular weight excluding hydrogens is 264 g/mol. The third kappa shape index (κ3) is 3.09. The lowest BCUT2D eigenvalue weighted by molar-refractivity contribution is 0.102. The molecule has 1 N–H and O–H groups in total. The van der Waals surface area contributed by atoms with Crippen LogP contribution in [0.15, 0.2) is 67.5 Å². The molecule has 0 bridgehead atoms. The second kappa shape index (κ2) is 5.92. The van der Waals surface area contributed by atoms with Gasteiger partial charge in [-0.2, -0.15) is 0 Å². The molecule has 1 amide bonds. The van der Waals surface area contributed by atoms with Crippen LogP contribution in [0.1, 0.15) is 10.4 Å². The largest absolute Gasteiger partial charge is 0.322 e. The third-order valence-corrected chi connectivity index (χ3v) is 2.98. The number of aromatic nitrogens is 3. The molecule has 5 nitrogen and oxygen atoms in total. The minimum atomic E-state index is -0.229. The molecule has 0 spiro atoms. The SMILES string of the molecule is O=C(Nc1ccc(-c2ccncc2)cc1)c1cncnc1. The summed E-state index contributed by atoms with van der Waals surface area (Å²) in [7, 11) is 0. The molecular formula is C16H12N4O. The Labute approximate surface area is 121 Å². The van der Waals surface area contributed by atoms with Gasteiger partial charge >= 0.3 is 0 Å². The molecule has 0 radical (unpaired) electrons. The molecule has 0 atom stereocenters. The molecule has 102 valence electrons. The first-order chi connectivity index (χ1) is 10.3. The van der Waals surface area contributed by atoms with Crippen LogP contribution in [-0.2, 0) is 0 Å². The maximum Gasteiger partial charge on any atom is 0.258 e. The number of benzene rings is 1. The van der Waals surface area contributed by atoms with Crippen LogP contribution in [0, 0.1) is 0 Å². The highest BCUT2D eigenvalue weighted by Crippen LogP contribution is 2.20. The average Bonchev–Trinajstić information content (AvgIpc) is 2.57. The van der Waals surface area contributed by atoms with Gasteiger partial charge in [-0.25, -0.2) is 9.97 Å². The van der Waals surface area contributed by atoms with E-state index in [1.54, 1.807) is 12.4 Å². The van der Waals surface area contributed by atoms with Crippen molar-refractivity contribution in [3.8, 4) is 11.1 Å². The molecule has 3 aromatic rings. The van der Waals surface area contributed by atoms with E-state index >= 15 is 0 Å². The van der Waals surface area contributed by atoms with Gasteiger partial charge in [0, 0.05) is 30.5 Å². The molecule has 3 rings (SSSR count). The number of amides is 1. The number of pyridine rings is 1. The summed E-state index contributed by atoms with van der Waals surface area (Å²) < 4.78 is 0. The Morgan fingerprint density at radius 2 is 1.43 bits per heavy atom. The van der Waals surface area contributed by atoms with Crippen LogP contribution in [0.4, 0.5) is 5.69 Å². The van der Waals surface area contributed by atoms with Crippen molar-refractivity contribution in [1.82, 2.24) is 15.0 Å². The number of nitrogens with zero attached hydrogens (tertiary/aromatic N) is 3. The summed E-state index contributed by atoms with van der Waals surface area (Å²) in [5.74, 6) is -0.229. The van der Waals surface area contributed by atoms with Gasteiger partial charge in [-0.15, -0.1) is 0 Å². The van der Waals surface area contributed by atoms with Crippen molar-refractivity contribution in [1.29, 1.82) is 0 Å². The predicted octanol–water partition coefficient (Wildman–Crippen LogP) is 2.79. The van der Waals surface area contributed by atoms with Gasteiger partial charge in [0.2, 0.25) is 0 Å². The summed E-state index contributed by atoms with van der Waals surface area (Å²) in [6, 6.07) is 11.5. The van der Waals surface area contributed by atoms with Crippen LogP contribution >= 0.6 is 0 Å². The van der Waals surface area contributed by atoms with E-state index in [1.165, 1.54) is 18.7 Å². The molecule has 0 aliphatic rings. The zero-order chi connectivity index (χ0) is 14.5. The first kappa shape index (κ1) is 12.9. The van der Waals surface area contributed by atoms with Gasteiger partial charge in [-0.1, -0.05) is 12.1 Å². The molecule has 5 heteroatoms. The minimum absolute atomic E-state index is 0.229. The predicted molar refractivity (Wildman–Crippen MR) is 79.7 cm³/mol. The summed E-state index contributed by atoms with van der Waals surface area (Å²) >= 11 is 0. The molecule has 0 aliphatic carbocycles. The van der Waals surface area contributed by atoms with Crippen molar-refractivity contribution < 1.29 is 4.79 Å². The topological polar surface area (TPSA) is 67.8 Å². The Bertz CT molecular complexity index is 727. The lowest BCUT2D eigenvalue weighted by Crippen LogP contribution is -2.12. The Morgan fingerprint density at radius 3 is 2.10 bits per heavy atom. The normalized spacial score (nSPS) is 10.1. The van der Waals surface area contributed by atoms with E-state index in [0.29, 0.717) is 5.56 Å². The Morgan fingerprint density at radius 1 is 0.810 bits per heavy atom. The number of hydrogen-bond donors (Lipinski definition) is 1. The van der Waals surface area contributed by atoms with Gasteiger partial charge in [0.05, 0.1) is 5.56 Å². The van der Waals surface area contributed by atoms with E-state index in [1.807, 2.05) is 36.4 Å². The van der Waals surface area contributed by atoms with Crippen LogP contribution in [0.2, 0.25) is 0 Å². The molecule has 0 fully saturated rings. The molecule has 21 heavy (non-hydrogen) atoms. The van der Waals surface area contributed by atoms with Gasteiger partial charge < -0.3 is 5.32 Å². The van der Waals surface area contributed by atoms with E-state index in [-0.39, 0.29) is 5.91 Å². The van der Waals surface area contributed by atoms with Crippen LogP contribution in [-0.4, -0.2) is 20.9 Å². The second-order valence-electron chi connectivity index (χ2n) is 4.39. The summed E-state index contributed by atoms with van der Waals surface area (Å²) in [5.41, 5.74) is 3.30. The van der Waals surface area contributed by atoms with E-state index in [0.717, 1.165) is 16.8 Å². The lowest BCUT2D eigenvalue weighted by atomic mass is 10.1. The van der Waals surface area contributed by atoms with Gasteiger partial charge in [0.25, 0.3) is 5.91 Å². The monoisotopic (exact) mass is 276 g/mol. The smallest absolute Gasteiger partial charge is 0.258 e. The van der Waals surface area contributed by atoms with Gasteiger partial charge in [0.1, 0.15) is 6.33 Å². The first-order valence-electron chi connectivity index (χ1n) is 6.40. The van der Waals surface area contributed by atoms with Crippen molar-refractivity contribution in [2.24, 2.45) is 0 Å². The van der Waals surface area contributed by atoms with Crippen LogP contribution in [0.3, 0.4) is 0 Å². The molecule has 0 saturated carbocycles. The summed E-state index contributed by atoms with van der Waals surface area (Å²) in [6.45, 7) is 0. The van der Waals surface area contributed by atoms with E-state index in [4.69, 9.17) is 0 Å². The highest BCUT2D eigenvalue weighted by molar-refractivity contribution is 6.03. The third-order valence-electron chi connectivity index (χ3n) is 2.98. The Balaban J connectivity index is 1.75. The summed E-state index contributed by atoms with van der Waals surface area (Å²) in [6.07, 6.45) is 7.85. The number of nitrogens with one attached hydrogen (secondary N) is 1. The summed E-state index contributed by atoms with van der Waals surface area (Å²) in [4.78, 5) is 23.6. The number of rotatable bonds is 3. The molecule has 2 heterocycles. The molecule has 2 aromatic heterocycles. The number of carbonyl (C=O) groups excluding carboxylic acids is 1. The fourth-order valence-corrected chi connectivity index (χ4v) is 1.91. The highest BCUT2D eigenvalue weighted by atomic mass is 16.1. The van der Waals surface area contributed by atoms with E-state index in [2.05, 4.69) is 20.3 Å². The maximum absolute atomic E-state index is 12.0. The Kier molecular flexibility index (Phi) is 3.64. The van der Waals surface area contributed by atoms with Crippen molar-refractivity contribution in [2.75, 3.05) is 5.32 Å². The van der Waals surface area contributed by atoms with Crippen LogP contribution in [0.5, 0.6) is 0 Å². The van der Waals surface area contributed by atoms with Crippen molar-refractivity contribution in [2.45, 2.75) is 0 Å². The maximum atomic E-state index is 12.0. The number of carbonyl (C=O) groups is 1. The van der Waals surface area contributed by atoms with Gasteiger partial charge in [0.15, 0.2) is 0 Å². The lowest BCUT2D eigenvalue weighted by Gasteiger charge is -2.06. The number of anilines is 1. The highest BCUT2D eigenvalue weighted by Gasteiger charge is 2.06. The fourth-order valence-electron chi connectivity index (χ4n) is 1.91.